The van der Waals surface area contributed by atoms with Gasteiger partial charge in [0.15, 0.2) is 17.4 Å². The average molecular weight is 320 g/mol. The zero-order chi connectivity index (χ0) is 16.2. The lowest BCUT2D eigenvalue weighted by Gasteiger charge is -2.31. The van der Waals surface area contributed by atoms with Crippen molar-refractivity contribution in [1.29, 1.82) is 0 Å². The highest BCUT2D eigenvalue weighted by molar-refractivity contribution is 5.28. The monoisotopic (exact) mass is 320 g/mol. The minimum atomic E-state index is -0.592. The summed E-state index contributed by atoms with van der Waals surface area (Å²) < 4.78 is 19.2. The van der Waals surface area contributed by atoms with Gasteiger partial charge >= 0.3 is 0 Å². The van der Waals surface area contributed by atoms with Crippen LogP contribution in [-0.4, -0.2) is 44.9 Å². The number of nitrogens with zero attached hydrogens (tertiary/aromatic N) is 3. The number of hydrogen-bond donors (Lipinski definition) is 2. The summed E-state index contributed by atoms with van der Waals surface area (Å²) in [5.74, 6) is 0.641. The molecule has 1 unspecified atom stereocenters. The van der Waals surface area contributed by atoms with E-state index in [4.69, 9.17) is 4.74 Å². The molecule has 0 spiro atoms. The molecule has 1 aliphatic rings. The molecule has 2 N–H and O–H groups in total. The Balaban J connectivity index is 1.64. The molecule has 2 aromatic rings. The molecule has 1 fully saturated rings. The minimum absolute atomic E-state index is 0.174. The van der Waals surface area contributed by atoms with Gasteiger partial charge in [-0.05, 0) is 24.1 Å². The number of halogens is 1. The maximum absolute atomic E-state index is 13.4. The van der Waals surface area contributed by atoms with Gasteiger partial charge in [-0.2, -0.15) is 5.10 Å². The van der Waals surface area contributed by atoms with Gasteiger partial charge in [0.1, 0.15) is 11.9 Å². The number of aromatic amines is 1. The Kier molecular flexibility index (Phi) is 4.88. The van der Waals surface area contributed by atoms with Crippen molar-refractivity contribution in [3.8, 4) is 5.75 Å². The topological polar surface area (TPSA) is 74.3 Å². The number of hydrogen-bond acceptors (Lipinski definition) is 5. The molecule has 124 valence electrons. The summed E-state index contributed by atoms with van der Waals surface area (Å²) in [7, 11) is 0. The summed E-state index contributed by atoms with van der Waals surface area (Å²) >= 11 is 0. The van der Waals surface area contributed by atoms with Gasteiger partial charge in [0.05, 0.1) is 6.61 Å². The molecule has 1 aromatic carbocycles. The first-order chi connectivity index (χ1) is 11.2. The molecule has 23 heavy (non-hydrogen) atoms. The predicted molar refractivity (Wildman–Crippen MR) is 82.4 cm³/mol. The molecule has 1 aromatic heterocycles. The number of morpholine rings is 1. The number of aryl methyl sites for hydroxylation is 1. The molecule has 0 bridgehead atoms. The minimum Gasteiger partial charge on any atom is -0.505 e. The van der Waals surface area contributed by atoms with E-state index in [9.17, 15) is 9.50 Å². The maximum atomic E-state index is 13.4. The lowest BCUT2D eigenvalue weighted by molar-refractivity contribution is -0.0371. The Morgan fingerprint density at radius 1 is 1.48 bits per heavy atom. The summed E-state index contributed by atoms with van der Waals surface area (Å²) in [4.78, 5) is 6.66. The molecular weight excluding hydrogens is 299 g/mol. The Bertz CT molecular complexity index is 661. The summed E-state index contributed by atoms with van der Waals surface area (Å²) in [5.41, 5.74) is 0.822. The van der Waals surface area contributed by atoms with Gasteiger partial charge in [0.25, 0.3) is 0 Å². The van der Waals surface area contributed by atoms with Gasteiger partial charge in [0.2, 0.25) is 0 Å². The van der Waals surface area contributed by atoms with Crippen LogP contribution in [0.15, 0.2) is 18.2 Å². The van der Waals surface area contributed by atoms with Crippen molar-refractivity contribution in [2.75, 3.05) is 19.7 Å². The second kappa shape index (κ2) is 7.06. The fourth-order valence-electron chi connectivity index (χ4n) is 2.71. The second-order valence-corrected chi connectivity index (χ2v) is 5.77. The first-order valence-electron chi connectivity index (χ1n) is 7.88. The van der Waals surface area contributed by atoms with E-state index in [1.165, 1.54) is 12.1 Å². The third-order valence-corrected chi connectivity index (χ3v) is 3.89. The third-order valence-electron chi connectivity index (χ3n) is 3.89. The average Bonchev–Trinajstić information content (AvgIpc) is 3.00. The fraction of sp³-hybridized carbons (Fsp3) is 0.500. The Morgan fingerprint density at radius 3 is 3.13 bits per heavy atom. The molecule has 2 heterocycles. The summed E-state index contributed by atoms with van der Waals surface area (Å²) in [6.45, 7) is 4.71. The SMILES string of the molecule is CCCc1nc(C2CN(Cc3ccc(O)c(F)c3)CCO2)n[nH]1. The van der Waals surface area contributed by atoms with E-state index >= 15 is 0 Å². The number of nitrogens with one attached hydrogen (secondary N) is 1. The maximum Gasteiger partial charge on any atom is 0.180 e. The van der Waals surface area contributed by atoms with Crippen molar-refractivity contribution in [2.45, 2.75) is 32.4 Å². The largest absolute Gasteiger partial charge is 0.505 e. The van der Waals surface area contributed by atoms with Gasteiger partial charge < -0.3 is 9.84 Å². The van der Waals surface area contributed by atoms with Gasteiger partial charge in [0, 0.05) is 26.1 Å². The molecule has 0 radical (unpaired) electrons. The number of aromatic nitrogens is 3. The van der Waals surface area contributed by atoms with Gasteiger partial charge in [-0.1, -0.05) is 13.0 Å². The third kappa shape index (κ3) is 3.86. The quantitative estimate of drug-likeness (QED) is 0.883. The van der Waals surface area contributed by atoms with Crippen molar-refractivity contribution in [2.24, 2.45) is 0 Å². The van der Waals surface area contributed by atoms with Gasteiger partial charge in [-0.3, -0.25) is 10.00 Å². The van der Waals surface area contributed by atoms with Crippen LogP contribution >= 0.6 is 0 Å². The number of phenols is 1. The predicted octanol–water partition coefficient (Wildman–Crippen LogP) is 2.18. The molecular formula is C16H21FN4O2. The van der Waals surface area contributed by atoms with Crippen LogP contribution in [-0.2, 0) is 17.7 Å². The highest BCUT2D eigenvalue weighted by Crippen LogP contribution is 2.22. The number of benzene rings is 1. The Morgan fingerprint density at radius 2 is 2.35 bits per heavy atom. The molecule has 1 saturated heterocycles. The summed E-state index contributed by atoms with van der Waals surface area (Å²) in [5, 5.41) is 16.4. The van der Waals surface area contributed by atoms with Crippen LogP contribution in [0.1, 0.15) is 36.7 Å². The van der Waals surface area contributed by atoms with Crippen molar-refractivity contribution in [3.63, 3.8) is 0 Å². The highest BCUT2D eigenvalue weighted by Gasteiger charge is 2.25. The lowest BCUT2D eigenvalue weighted by Crippen LogP contribution is -2.38. The first-order valence-corrected chi connectivity index (χ1v) is 7.88. The van der Waals surface area contributed by atoms with Crippen molar-refractivity contribution >= 4 is 0 Å². The van der Waals surface area contributed by atoms with Crippen LogP contribution in [0.4, 0.5) is 4.39 Å². The van der Waals surface area contributed by atoms with Gasteiger partial charge in [-0.25, -0.2) is 9.37 Å². The number of aromatic hydroxyl groups is 1. The zero-order valence-electron chi connectivity index (χ0n) is 13.1. The number of phenolic OH excluding ortho intramolecular Hbond substituents is 1. The molecule has 0 saturated carbocycles. The van der Waals surface area contributed by atoms with Crippen LogP contribution in [0.3, 0.4) is 0 Å². The summed E-state index contributed by atoms with van der Waals surface area (Å²) in [6.07, 6.45) is 1.71. The van der Waals surface area contributed by atoms with Crippen molar-refractivity contribution < 1.29 is 14.2 Å². The molecule has 3 rings (SSSR count). The Hall–Kier alpha value is -1.99. The van der Waals surface area contributed by atoms with Crippen molar-refractivity contribution in [1.82, 2.24) is 20.1 Å². The van der Waals surface area contributed by atoms with Crippen molar-refractivity contribution in [3.05, 3.63) is 41.2 Å². The van der Waals surface area contributed by atoms with E-state index in [0.717, 1.165) is 30.8 Å². The number of ether oxygens (including phenoxy) is 1. The van der Waals surface area contributed by atoms with Crippen LogP contribution in [0.2, 0.25) is 0 Å². The van der Waals surface area contributed by atoms with E-state index < -0.39 is 5.82 Å². The second-order valence-electron chi connectivity index (χ2n) is 5.77. The first kappa shape index (κ1) is 15.9. The molecule has 1 atom stereocenters. The lowest BCUT2D eigenvalue weighted by atomic mass is 10.1. The molecule has 0 aliphatic carbocycles. The summed E-state index contributed by atoms with van der Waals surface area (Å²) in [6, 6.07) is 4.48. The zero-order valence-corrected chi connectivity index (χ0v) is 13.1. The van der Waals surface area contributed by atoms with Crippen LogP contribution in [0.25, 0.3) is 0 Å². The normalized spacial score (nSPS) is 19.1. The van der Waals surface area contributed by atoms with Crippen LogP contribution < -0.4 is 0 Å². The van der Waals surface area contributed by atoms with E-state index in [0.29, 0.717) is 25.5 Å². The van der Waals surface area contributed by atoms with E-state index in [1.807, 2.05) is 0 Å². The standard InChI is InChI=1S/C16H21FN4O2/c1-2-3-15-18-16(20-19-15)14-10-21(6-7-23-14)9-11-4-5-13(22)12(17)8-11/h4-5,8,14,22H,2-3,6-7,9-10H2,1H3,(H,18,19,20). The van der Waals surface area contributed by atoms with Crippen LogP contribution in [0.5, 0.6) is 5.75 Å². The molecule has 6 nitrogen and oxygen atoms in total. The molecule has 0 amide bonds. The Labute approximate surface area is 134 Å². The fourth-order valence-corrected chi connectivity index (χ4v) is 2.71. The van der Waals surface area contributed by atoms with Crippen LogP contribution in [0, 0.1) is 5.82 Å². The van der Waals surface area contributed by atoms with Gasteiger partial charge in [-0.15, -0.1) is 0 Å². The molecule has 7 heteroatoms. The highest BCUT2D eigenvalue weighted by atomic mass is 19.1. The molecule has 1 aliphatic heterocycles. The smallest absolute Gasteiger partial charge is 0.180 e. The number of rotatable bonds is 5. The van der Waals surface area contributed by atoms with E-state index in [-0.39, 0.29) is 11.9 Å². The number of H-pyrrole nitrogens is 1. The van der Waals surface area contributed by atoms with E-state index in [1.54, 1.807) is 6.07 Å². The van der Waals surface area contributed by atoms with E-state index in [2.05, 4.69) is 27.0 Å².